The molecule has 0 unspecified atom stereocenters. The molecule has 170 valence electrons. The van der Waals surface area contributed by atoms with Crippen molar-refractivity contribution in [2.24, 2.45) is 0 Å². The van der Waals surface area contributed by atoms with Gasteiger partial charge in [0.05, 0.1) is 23.4 Å². The first-order valence-corrected chi connectivity index (χ1v) is 11.0. The van der Waals surface area contributed by atoms with Crippen molar-refractivity contribution in [3.63, 3.8) is 0 Å². The van der Waals surface area contributed by atoms with Crippen molar-refractivity contribution in [1.82, 2.24) is 0 Å². The van der Waals surface area contributed by atoms with Crippen LogP contribution in [0.3, 0.4) is 0 Å². The second-order valence-electron chi connectivity index (χ2n) is 7.63. The molecule has 1 aliphatic rings. The van der Waals surface area contributed by atoms with Crippen LogP contribution in [0.25, 0.3) is 0 Å². The number of ether oxygens (including phenoxy) is 3. The number of hydrogen-bond donors (Lipinski definition) is 1. The Hall–Kier alpha value is -2.99. The van der Waals surface area contributed by atoms with Crippen molar-refractivity contribution < 1.29 is 23.8 Å². The monoisotopic (exact) mass is 457 g/mol. The summed E-state index contributed by atoms with van der Waals surface area (Å²) in [5, 5.41) is 3.72. The molecule has 0 aromatic heterocycles. The van der Waals surface area contributed by atoms with Gasteiger partial charge < -0.3 is 19.5 Å². The number of rotatable bonds is 9. The van der Waals surface area contributed by atoms with Gasteiger partial charge in [0.1, 0.15) is 18.1 Å². The highest BCUT2D eigenvalue weighted by Crippen LogP contribution is 2.41. The van der Waals surface area contributed by atoms with Gasteiger partial charge >= 0.3 is 11.9 Å². The highest BCUT2D eigenvalue weighted by Gasteiger charge is 2.31. The third kappa shape index (κ3) is 5.07. The van der Waals surface area contributed by atoms with E-state index in [9.17, 15) is 9.59 Å². The molecule has 0 saturated heterocycles. The van der Waals surface area contributed by atoms with E-state index in [4.69, 9.17) is 25.8 Å². The fourth-order valence-electron chi connectivity index (χ4n) is 3.80. The minimum absolute atomic E-state index is 0.236. The van der Waals surface area contributed by atoms with Crippen LogP contribution < -0.4 is 14.8 Å². The number of allylic oxidation sites excluding steroid dienone is 2. The highest BCUT2D eigenvalue weighted by atomic mass is 35.5. The molecule has 0 atom stereocenters. The molecular formula is C25H28ClNO5. The molecule has 2 aromatic carbocycles. The number of benzene rings is 2. The van der Waals surface area contributed by atoms with Crippen LogP contribution in [0.5, 0.6) is 11.5 Å². The number of halogens is 1. The van der Waals surface area contributed by atoms with Crippen LogP contribution in [-0.2, 0) is 22.6 Å². The Morgan fingerprint density at radius 3 is 2.72 bits per heavy atom. The van der Waals surface area contributed by atoms with Crippen molar-refractivity contribution >= 4 is 29.2 Å². The Morgan fingerprint density at radius 2 is 2.03 bits per heavy atom. The minimum Gasteiger partial charge on any atom is -0.496 e. The van der Waals surface area contributed by atoms with Gasteiger partial charge in [-0.1, -0.05) is 35.4 Å². The Kier molecular flexibility index (Phi) is 7.80. The van der Waals surface area contributed by atoms with E-state index in [1.165, 1.54) is 0 Å². The zero-order chi connectivity index (χ0) is 23.3. The number of anilines is 1. The number of para-hydroxylation sites is 1. The number of carbonyl (C=O) groups is 2. The molecule has 3 rings (SSSR count). The summed E-state index contributed by atoms with van der Waals surface area (Å²) in [6.45, 7) is 6.82. The number of methoxy groups -OCH3 is 1. The Morgan fingerprint density at radius 1 is 1.28 bits per heavy atom. The number of nitrogens with one attached hydrogen (secondary N) is 1. The summed E-state index contributed by atoms with van der Waals surface area (Å²) in [6.07, 6.45) is 3.39. The lowest BCUT2D eigenvalue weighted by Crippen LogP contribution is -2.11. The van der Waals surface area contributed by atoms with E-state index in [1.54, 1.807) is 31.4 Å². The van der Waals surface area contributed by atoms with Gasteiger partial charge in [-0.05, 0) is 51.3 Å². The number of fused-ring (bicyclic) bond motifs is 1. The fraction of sp³-hybridized carbons (Fsp3) is 0.360. The third-order valence-electron chi connectivity index (χ3n) is 5.47. The average molecular weight is 458 g/mol. The molecular weight excluding hydrogens is 430 g/mol. The topological polar surface area (TPSA) is 73.9 Å². The van der Waals surface area contributed by atoms with Crippen molar-refractivity contribution in [3.05, 3.63) is 63.2 Å². The first-order valence-electron chi connectivity index (χ1n) is 10.6. The van der Waals surface area contributed by atoms with Gasteiger partial charge in [0.25, 0.3) is 0 Å². The van der Waals surface area contributed by atoms with E-state index in [0.717, 1.165) is 33.7 Å². The molecule has 0 amide bonds. The number of cyclic esters (lactones) is 1. The fourth-order valence-corrected chi connectivity index (χ4v) is 3.98. The molecule has 0 spiro atoms. The predicted molar refractivity (Wildman–Crippen MR) is 125 cm³/mol. The lowest BCUT2D eigenvalue weighted by atomic mass is 9.93. The summed E-state index contributed by atoms with van der Waals surface area (Å²) in [5.74, 6) is 0.459. The van der Waals surface area contributed by atoms with Crippen LogP contribution in [0, 0.1) is 6.92 Å². The number of carbonyl (C=O) groups excluding carboxylic acids is 2. The second-order valence-corrected chi connectivity index (χ2v) is 8.04. The second kappa shape index (κ2) is 10.6. The molecule has 1 heterocycles. The Balaban J connectivity index is 1.75. The normalized spacial score (nSPS) is 12.9. The summed E-state index contributed by atoms with van der Waals surface area (Å²) < 4.78 is 16.3. The molecule has 6 nitrogen and oxygen atoms in total. The highest BCUT2D eigenvalue weighted by molar-refractivity contribution is 6.32. The quantitative estimate of drug-likeness (QED) is 0.298. The van der Waals surface area contributed by atoms with Crippen LogP contribution in [0.2, 0.25) is 5.02 Å². The molecule has 7 heteroatoms. The Bertz CT molecular complexity index is 1060. The molecule has 32 heavy (non-hydrogen) atoms. The first kappa shape index (κ1) is 23.7. The van der Waals surface area contributed by atoms with Crippen LogP contribution >= 0.6 is 11.6 Å². The smallest absolute Gasteiger partial charge is 0.341 e. The van der Waals surface area contributed by atoms with Crippen molar-refractivity contribution in [1.29, 1.82) is 0 Å². The maximum atomic E-state index is 12.4. The van der Waals surface area contributed by atoms with Gasteiger partial charge in [-0.3, -0.25) is 4.79 Å². The molecule has 1 aliphatic heterocycles. The number of esters is 2. The summed E-state index contributed by atoms with van der Waals surface area (Å²) >= 11 is 6.04. The van der Waals surface area contributed by atoms with E-state index in [2.05, 4.69) is 5.32 Å². The minimum atomic E-state index is -0.340. The van der Waals surface area contributed by atoms with Crippen LogP contribution in [-0.4, -0.2) is 25.6 Å². The summed E-state index contributed by atoms with van der Waals surface area (Å²) in [6, 6.07) is 6.89. The zero-order valence-electron chi connectivity index (χ0n) is 18.8. The lowest BCUT2D eigenvalue weighted by molar-refractivity contribution is -0.134. The molecule has 0 radical (unpaired) electrons. The average Bonchev–Trinajstić information content (AvgIpc) is 3.16. The van der Waals surface area contributed by atoms with Gasteiger partial charge in [-0.25, -0.2) is 4.79 Å². The molecule has 2 aromatic rings. The van der Waals surface area contributed by atoms with E-state index >= 15 is 0 Å². The number of hydrogen-bond acceptors (Lipinski definition) is 6. The van der Waals surface area contributed by atoms with Crippen LogP contribution in [0.1, 0.15) is 53.7 Å². The van der Waals surface area contributed by atoms with E-state index in [1.807, 2.05) is 26.8 Å². The molecule has 0 saturated carbocycles. The van der Waals surface area contributed by atoms with E-state index in [-0.39, 0.29) is 25.0 Å². The third-order valence-corrected chi connectivity index (χ3v) is 5.78. The first-order chi connectivity index (χ1) is 15.4. The van der Waals surface area contributed by atoms with Crippen LogP contribution in [0.4, 0.5) is 5.69 Å². The maximum absolute atomic E-state index is 12.4. The van der Waals surface area contributed by atoms with Crippen molar-refractivity contribution in [3.8, 4) is 11.5 Å². The predicted octanol–water partition coefficient (Wildman–Crippen LogP) is 5.63. The SMILES string of the molecule is CCNc1c(CC=C(C)CCC(=O)Oc2ccccc2Cl)c(OC)c(C)c2c1C(=O)OC2. The van der Waals surface area contributed by atoms with Gasteiger partial charge in [-0.15, -0.1) is 0 Å². The molecule has 1 N–H and O–H groups in total. The molecule has 0 bridgehead atoms. The van der Waals surface area contributed by atoms with Gasteiger partial charge in [-0.2, -0.15) is 0 Å². The van der Waals surface area contributed by atoms with E-state index in [0.29, 0.717) is 35.7 Å². The standard InChI is InChI=1S/C25H28ClNO5/c1-5-27-23-17(24(30-4)16(3)18-14-31-25(29)22(18)23)12-10-15(2)11-13-21(28)32-20-9-7-6-8-19(20)26/h6-10,27H,5,11-14H2,1-4H3. The largest absolute Gasteiger partial charge is 0.496 e. The zero-order valence-corrected chi connectivity index (χ0v) is 19.6. The summed E-state index contributed by atoms with van der Waals surface area (Å²) in [4.78, 5) is 24.6. The maximum Gasteiger partial charge on any atom is 0.341 e. The van der Waals surface area contributed by atoms with Gasteiger partial charge in [0.2, 0.25) is 0 Å². The van der Waals surface area contributed by atoms with Crippen molar-refractivity contribution in [2.45, 2.75) is 46.6 Å². The van der Waals surface area contributed by atoms with Gasteiger partial charge in [0, 0.05) is 24.1 Å². The molecule has 0 fully saturated rings. The summed E-state index contributed by atoms with van der Waals surface area (Å²) in [5.41, 5.74) is 5.08. The van der Waals surface area contributed by atoms with Gasteiger partial charge in [0.15, 0.2) is 0 Å². The Labute approximate surface area is 193 Å². The molecule has 0 aliphatic carbocycles. The summed E-state index contributed by atoms with van der Waals surface area (Å²) in [7, 11) is 1.63. The van der Waals surface area contributed by atoms with E-state index < -0.39 is 0 Å². The van der Waals surface area contributed by atoms with Crippen molar-refractivity contribution in [2.75, 3.05) is 19.0 Å². The lowest BCUT2D eigenvalue weighted by Gasteiger charge is -2.19. The van der Waals surface area contributed by atoms with Crippen LogP contribution in [0.15, 0.2) is 35.9 Å².